The van der Waals surface area contributed by atoms with E-state index in [-0.39, 0.29) is 12.5 Å². The van der Waals surface area contributed by atoms with Crippen LogP contribution in [0.2, 0.25) is 0 Å². The van der Waals surface area contributed by atoms with Gasteiger partial charge in [-0.2, -0.15) is 0 Å². The maximum absolute atomic E-state index is 11.9. The Bertz CT molecular complexity index is 589. The van der Waals surface area contributed by atoms with E-state index in [1.54, 1.807) is 12.4 Å². The molecule has 0 saturated heterocycles. The molecule has 0 saturated carbocycles. The summed E-state index contributed by atoms with van der Waals surface area (Å²) in [4.78, 5) is 16.2. The molecule has 2 aromatic rings. The fourth-order valence-corrected chi connectivity index (χ4v) is 1.90. The molecule has 5 heteroatoms. The van der Waals surface area contributed by atoms with Crippen molar-refractivity contribution in [2.24, 2.45) is 5.92 Å². The van der Waals surface area contributed by atoms with Crippen LogP contribution in [0.25, 0.3) is 11.4 Å². The summed E-state index contributed by atoms with van der Waals surface area (Å²) in [6.07, 6.45) is 3.49. The van der Waals surface area contributed by atoms with Crippen LogP contribution in [0.1, 0.15) is 13.8 Å². The van der Waals surface area contributed by atoms with Gasteiger partial charge in [0.15, 0.2) is 0 Å². The summed E-state index contributed by atoms with van der Waals surface area (Å²) >= 11 is 0. The van der Waals surface area contributed by atoms with Crippen LogP contribution in [0.4, 0.5) is 5.69 Å². The molecule has 0 aliphatic rings. The van der Waals surface area contributed by atoms with Crippen LogP contribution in [0.3, 0.4) is 0 Å². The lowest BCUT2D eigenvalue weighted by Crippen LogP contribution is -2.30. The van der Waals surface area contributed by atoms with Crippen molar-refractivity contribution in [3.8, 4) is 11.4 Å². The lowest BCUT2D eigenvalue weighted by atomic mass is 10.2. The first-order valence-corrected chi connectivity index (χ1v) is 6.70. The van der Waals surface area contributed by atoms with Crippen molar-refractivity contribution in [3.63, 3.8) is 0 Å². The zero-order chi connectivity index (χ0) is 14.5. The number of rotatable bonds is 5. The van der Waals surface area contributed by atoms with Crippen molar-refractivity contribution >= 4 is 11.6 Å². The van der Waals surface area contributed by atoms with E-state index in [4.69, 9.17) is 5.73 Å². The van der Waals surface area contributed by atoms with Gasteiger partial charge in [-0.25, -0.2) is 4.98 Å². The SMILES string of the molecule is CC(C)CNC(=O)Cn1ccnc1-c1cccc(N)c1. The molecule has 0 bridgehead atoms. The van der Waals surface area contributed by atoms with Gasteiger partial charge in [0, 0.05) is 30.2 Å². The molecule has 5 nitrogen and oxygen atoms in total. The first kappa shape index (κ1) is 14.1. The van der Waals surface area contributed by atoms with Gasteiger partial charge in [-0.1, -0.05) is 26.0 Å². The summed E-state index contributed by atoms with van der Waals surface area (Å²) in [6.45, 7) is 5.07. The quantitative estimate of drug-likeness (QED) is 0.817. The maximum Gasteiger partial charge on any atom is 0.240 e. The second kappa shape index (κ2) is 6.23. The van der Waals surface area contributed by atoms with Crippen LogP contribution in [-0.4, -0.2) is 22.0 Å². The van der Waals surface area contributed by atoms with Gasteiger partial charge in [0.1, 0.15) is 12.4 Å². The number of nitrogens with zero attached hydrogens (tertiary/aromatic N) is 2. The molecule has 0 atom stereocenters. The molecule has 106 valence electrons. The third-order valence-corrected chi connectivity index (χ3v) is 2.88. The molecule has 0 aliphatic heterocycles. The summed E-state index contributed by atoms with van der Waals surface area (Å²) < 4.78 is 1.82. The van der Waals surface area contributed by atoms with Crippen molar-refractivity contribution in [1.82, 2.24) is 14.9 Å². The summed E-state index contributed by atoms with van der Waals surface area (Å²) in [7, 11) is 0. The largest absolute Gasteiger partial charge is 0.399 e. The molecule has 0 spiro atoms. The smallest absolute Gasteiger partial charge is 0.240 e. The molecule has 0 fully saturated rings. The third-order valence-electron chi connectivity index (χ3n) is 2.88. The molecule has 20 heavy (non-hydrogen) atoms. The van der Waals surface area contributed by atoms with Gasteiger partial charge < -0.3 is 15.6 Å². The lowest BCUT2D eigenvalue weighted by molar-refractivity contribution is -0.121. The number of hydrogen-bond donors (Lipinski definition) is 2. The van der Waals surface area contributed by atoms with E-state index in [9.17, 15) is 4.79 Å². The Morgan fingerprint density at radius 3 is 2.95 bits per heavy atom. The number of carbonyl (C=O) groups excluding carboxylic acids is 1. The van der Waals surface area contributed by atoms with Crippen LogP contribution >= 0.6 is 0 Å². The Balaban J connectivity index is 2.11. The molecule has 1 heterocycles. The van der Waals surface area contributed by atoms with Gasteiger partial charge >= 0.3 is 0 Å². The monoisotopic (exact) mass is 272 g/mol. The minimum Gasteiger partial charge on any atom is -0.399 e. The number of anilines is 1. The highest BCUT2D eigenvalue weighted by molar-refractivity contribution is 5.76. The fraction of sp³-hybridized carbons (Fsp3) is 0.333. The fourth-order valence-electron chi connectivity index (χ4n) is 1.90. The van der Waals surface area contributed by atoms with Crippen LogP contribution in [-0.2, 0) is 11.3 Å². The van der Waals surface area contributed by atoms with Gasteiger partial charge in [-0.05, 0) is 18.1 Å². The number of aromatic nitrogens is 2. The molecule has 3 N–H and O–H groups in total. The second-order valence-corrected chi connectivity index (χ2v) is 5.20. The first-order chi connectivity index (χ1) is 9.56. The van der Waals surface area contributed by atoms with Gasteiger partial charge in [-0.3, -0.25) is 4.79 Å². The molecule has 1 aromatic carbocycles. The summed E-state index contributed by atoms with van der Waals surface area (Å²) in [5.41, 5.74) is 7.37. The van der Waals surface area contributed by atoms with Crippen LogP contribution in [0.5, 0.6) is 0 Å². The molecule has 0 aliphatic carbocycles. The van der Waals surface area contributed by atoms with Crippen molar-refractivity contribution in [2.45, 2.75) is 20.4 Å². The number of nitrogens with one attached hydrogen (secondary N) is 1. The van der Waals surface area contributed by atoms with Gasteiger partial charge in [0.2, 0.25) is 5.91 Å². The van der Waals surface area contributed by atoms with E-state index in [0.29, 0.717) is 18.2 Å². The molecule has 0 unspecified atom stereocenters. The van der Waals surface area contributed by atoms with Gasteiger partial charge in [0.05, 0.1) is 0 Å². The predicted octanol–water partition coefficient (Wildman–Crippen LogP) is 1.90. The zero-order valence-corrected chi connectivity index (χ0v) is 11.8. The Labute approximate surface area is 118 Å². The Hall–Kier alpha value is -2.30. The third kappa shape index (κ3) is 3.60. The number of benzene rings is 1. The van der Waals surface area contributed by atoms with E-state index in [1.807, 2.05) is 28.8 Å². The molecular formula is C15H20N4O. The van der Waals surface area contributed by atoms with E-state index in [0.717, 1.165) is 11.4 Å². The molecular weight excluding hydrogens is 252 g/mol. The number of hydrogen-bond acceptors (Lipinski definition) is 3. The number of nitrogens with two attached hydrogens (primary N) is 1. The number of amides is 1. The highest BCUT2D eigenvalue weighted by Crippen LogP contribution is 2.19. The normalized spacial score (nSPS) is 10.8. The minimum atomic E-state index is -0.0122. The zero-order valence-electron chi connectivity index (χ0n) is 11.8. The average Bonchev–Trinajstić information content (AvgIpc) is 2.84. The van der Waals surface area contributed by atoms with Gasteiger partial charge in [0.25, 0.3) is 0 Å². The lowest BCUT2D eigenvalue weighted by Gasteiger charge is -2.10. The summed E-state index contributed by atoms with van der Waals surface area (Å²) in [6, 6.07) is 7.49. The van der Waals surface area contributed by atoms with Crippen LogP contribution in [0, 0.1) is 5.92 Å². The topological polar surface area (TPSA) is 72.9 Å². The maximum atomic E-state index is 11.9. The molecule has 0 radical (unpaired) electrons. The molecule has 2 rings (SSSR count). The Morgan fingerprint density at radius 2 is 2.25 bits per heavy atom. The number of nitrogen functional groups attached to an aromatic ring is 1. The minimum absolute atomic E-state index is 0.0122. The van der Waals surface area contributed by atoms with E-state index >= 15 is 0 Å². The van der Waals surface area contributed by atoms with E-state index < -0.39 is 0 Å². The Morgan fingerprint density at radius 1 is 1.45 bits per heavy atom. The van der Waals surface area contributed by atoms with E-state index in [1.165, 1.54) is 0 Å². The standard InChI is InChI=1S/C15H20N4O/c1-11(2)9-18-14(20)10-19-7-6-17-15(19)12-4-3-5-13(16)8-12/h3-8,11H,9-10,16H2,1-2H3,(H,18,20). The van der Waals surface area contributed by atoms with Crippen LogP contribution in [0.15, 0.2) is 36.7 Å². The van der Waals surface area contributed by atoms with Crippen molar-refractivity contribution < 1.29 is 4.79 Å². The molecule has 1 aromatic heterocycles. The summed E-state index contributed by atoms with van der Waals surface area (Å²) in [5, 5.41) is 2.90. The Kier molecular flexibility index (Phi) is 4.40. The average molecular weight is 272 g/mol. The summed E-state index contributed by atoms with van der Waals surface area (Å²) in [5.74, 6) is 1.17. The number of carbonyl (C=O) groups is 1. The van der Waals surface area contributed by atoms with Crippen molar-refractivity contribution in [1.29, 1.82) is 0 Å². The highest BCUT2D eigenvalue weighted by Gasteiger charge is 2.10. The first-order valence-electron chi connectivity index (χ1n) is 6.70. The highest BCUT2D eigenvalue weighted by atomic mass is 16.1. The van der Waals surface area contributed by atoms with Crippen molar-refractivity contribution in [3.05, 3.63) is 36.7 Å². The van der Waals surface area contributed by atoms with E-state index in [2.05, 4.69) is 24.1 Å². The van der Waals surface area contributed by atoms with Crippen LogP contribution < -0.4 is 11.1 Å². The second-order valence-electron chi connectivity index (χ2n) is 5.20. The number of imidazole rings is 1. The molecule has 1 amide bonds. The van der Waals surface area contributed by atoms with Gasteiger partial charge in [-0.15, -0.1) is 0 Å². The van der Waals surface area contributed by atoms with Crippen molar-refractivity contribution in [2.75, 3.05) is 12.3 Å². The predicted molar refractivity (Wildman–Crippen MR) is 79.9 cm³/mol.